The largest absolute Gasteiger partial charge is 0.317 e. The summed E-state index contributed by atoms with van der Waals surface area (Å²) < 4.78 is 1.85. The van der Waals surface area contributed by atoms with Gasteiger partial charge in [0.25, 0.3) is 5.91 Å². The Morgan fingerprint density at radius 2 is 1.90 bits per heavy atom. The summed E-state index contributed by atoms with van der Waals surface area (Å²) >= 11 is 0. The average Bonchev–Trinajstić information content (AvgIpc) is 3.62. The molecule has 2 fully saturated rings. The first-order valence-electron chi connectivity index (χ1n) is 13.7. The van der Waals surface area contributed by atoms with Crippen LogP contribution in [0.1, 0.15) is 70.8 Å². The Kier molecular flexibility index (Phi) is 5.75. The van der Waals surface area contributed by atoms with Crippen LogP contribution in [0.5, 0.6) is 0 Å². The fraction of sp³-hybridized carbons (Fsp3) is 0.323. The number of amides is 1. The molecule has 4 aromatic rings. The van der Waals surface area contributed by atoms with Gasteiger partial charge in [-0.05, 0) is 78.3 Å². The van der Waals surface area contributed by atoms with Crippen LogP contribution in [0.25, 0.3) is 22.5 Å². The fourth-order valence-corrected chi connectivity index (χ4v) is 5.51. The third-order valence-electron chi connectivity index (χ3n) is 8.19. The van der Waals surface area contributed by atoms with Gasteiger partial charge >= 0.3 is 0 Å². The number of nitrogens with zero attached hydrogens (tertiary/aromatic N) is 6. The second-order valence-electron chi connectivity index (χ2n) is 10.9. The van der Waals surface area contributed by atoms with Crippen molar-refractivity contribution in [2.75, 3.05) is 4.90 Å². The number of rotatable bonds is 7. The Bertz CT molecular complexity index is 1640. The highest BCUT2D eigenvalue weighted by Gasteiger charge is 2.32. The van der Waals surface area contributed by atoms with E-state index in [0.29, 0.717) is 35.7 Å². The minimum Gasteiger partial charge on any atom is -0.317 e. The molecular weight excluding hydrogens is 486 g/mol. The first-order valence-corrected chi connectivity index (χ1v) is 13.7. The summed E-state index contributed by atoms with van der Waals surface area (Å²) in [6, 6.07) is 18.9. The summed E-state index contributed by atoms with van der Waals surface area (Å²) in [6.45, 7) is 1.29. The van der Waals surface area contributed by atoms with E-state index >= 15 is 0 Å². The van der Waals surface area contributed by atoms with E-state index in [9.17, 15) is 10.1 Å². The summed E-state index contributed by atoms with van der Waals surface area (Å²) in [6.07, 6.45) is 7.63. The van der Waals surface area contributed by atoms with Crippen molar-refractivity contribution in [2.24, 2.45) is 7.05 Å². The zero-order valence-corrected chi connectivity index (χ0v) is 21.9. The van der Waals surface area contributed by atoms with Crippen LogP contribution in [-0.2, 0) is 20.1 Å². The van der Waals surface area contributed by atoms with Crippen LogP contribution < -0.4 is 10.2 Å². The number of aryl methyl sites for hydroxylation is 1. The second kappa shape index (κ2) is 9.44. The van der Waals surface area contributed by atoms with E-state index < -0.39 is 0 Å². The first-order chi connectivity index (χ1) is 19.1. The third kappa shape index (κ3) is 4.39. The highest BCUT2D eigenvalue weighted by Crippen LogP contribution is 2.43. The van der Waals surface area contributed by atoms with E-state index in [0.717, 1.165) is 58.5 Å². The lowest BCUT2D eigenvalue weighted by Crippen LogP contribution is -2.34. The minimum absolute atomic E-state index is 0.00440. The molecule has 194 valence electrons. The maximum atomic E-state index is 13.7. The van der Waals surface area contributed by atoms with Gasteiger partial charge in [0.15, 0.2) is 5.82 Å². The molecule has 1 aliphatic heterocycles. The molecule has 0 unspecified atom stereocenters. The van der Waals surface area contributed by atoms with Crippen LogP contribution >= 0.6 is 0 Å². The van der Waals surface area contributed by atoms with Gasteiger partial charge in [0.1, 0.15) is 12.1 Å². The minimum atomic E-state index is -0.00440. The molecule has 2 saturated carbocycles. The Hall–Kier alpha value is -4.35. The number of anilines is 1. The van der Waals surface area contributed by atoms with E-state index in [1.807, 2.05) is 41.9 Å². The van der Waals surface area contributed by atoms with Crippen LogP contribution in [0.3, 0.4) is 0 Å². The zero-order chi connectivity index (χ0) is 26.5. The summed E-state index contributed by atoms with van der Waals surface area (Å²) in [5.41, 5.74) is 7.22. The summed E-state index contributed by atoms with van der Waals surface area (Å²) in [7, 11) is 1.89. The number of pyridine rings is 1. The van der Waals surface area contributed by atoms with Gasteiger partial charge in [-0.3, -0.25) is 9.69 Å². The van der Waals surface area contributed by atoms with Crippen LogP contribution in [0.4, 0.5) is 5.82 Å². The molecule has 8 heteroatoms. The lowest BCUT2D eigenvalue weighted by molar-refractivity contribution is 0.0996. The standard InChI is InChI=1S/C31H29N7O/c1-37-18-34-36-30(37)27-11-19(15-32)6-10-25(27)23-13-28(21-8-9-21)35-29(14-23)38-17-22-7-5-20(12-26(22)31(38)39)16-33-24-3-2-4-24/h5-7,10-14,18,21,24,33H,2-4,8-9,16-17H2,1H3. The molecule has 3 aliphatic rings. The fourth-order valence-electron chi connectivity index (χ4n) is 5.51. The molecule has 2 aromatic heterocycles. The normalized spacial score (nSPS) is 16.7. The molecule has 1 N–H and O–H groups in total. The number of fused-ring (bicyclic) bond motifs is 1. The van der Waals surface area contributed by atoms with Crippen LogP contribution in [0.2, 0.25) is 0 Å². The molecule has 2 aliphatic carbocycles. The molecule has 1 amide bonds. The first kappa shape index (κ1) is 23.7. The van der Waals surface area contributed by atoms with Gasteiger partial charge in [-0.1, -0.05) is 24.6 Å². The van der Waals surface area contributed by atoms with Crippen LogP contribution in [0.15, 0.2) is 54.9 Å². The number of hydrogen-bond donors (Lipinski definition) is 1. The van der Waals surface area contributed by atoms with Gasteiger partial charge < -0.3 is 9.88 Å². The van der Waals surface area contributed by atoms with Crippen molar-refractivity contribution in [3.8, 4) is 28.6 Å². The Morgan fingerprint density at radius 3 is 2.62 bits per heavy atom. The molecule has 7 rings (SSSR count). The smallest absolute Gasteiger partial charge is 0.260 e. The molecule has 0 saturated heterocycles. The summed E-state index contributed by atoms with van der Waals surface area (Å²) in [5, 5.41) is 21.5. The van der Waals surface area contributed by atoms with E-state index in [2.05, 4.69) is 39.8 Å². The SMILES string of the molecule is Cn1cnnc1-c1cc(C#N)ccc1-c1cc(C2CC2)nc(N2Cc3ccc(CNC4CCC4)cc3C2=O)c1. The monoisotopic (exact) mass is 515 g/mol. The summed E-state index contributed by atoms with van der Waals surface area (Å²) in [5.74, 6) is 1.75. The number of benzene rings is 2. The predicted octanol–water partition coefficient (Wildman–Crippen LogP) is 5.10. The zero-order valence-electron chi connectivity index (χ0n) is 21.9. The number of nitriles is 1. The Balaban J connectivity index is 1.26. The average molecular weight is 516 g/mol. The van der Waals surface area contributed by atoms with Gasteiger partial charge in [0.2, 0.25) is 0 Å². The molecule has 0 spiro atoms. The molecule has 3 heterocycles. The van der Waals surface area contributed by atoms with Gasteiger partial charge in [0, 0.05) is 42.4 Å². The number of aromatic nitrogens is 4. The van der Waals surface area contributed by atoms with Gasteiger partial charge in [-0.25, -0.2) is 4.98 Å². The maximum absolute atomic E-state index is 13.7. The number of nitrogens with one attached hydrogen (secondary N) is 1. The van der Waals surface area contributed by atoms with Crippen LogP contribution in [0, 0.1) is 11.3 Å². The molecule has 39 heavy (non-hydrogen) atoms. The Labute approximate surface area is 227 Å². The molecule has 0 bridgehead atoms. The lowest BCUT2D eigenvalue weighted by atomic mass is 9.93. The van der Waals surface area contributed by atoms with Crippen LogP contribution in [-0.4, -0.2) is 31.7 Å². The van der Waals surface area contributed by atoms with Crippen molar-refractivity contribution in [1.29, 1.82) is 5.26 Å². The van der Waals surface area contributed by atoms with Gasteiger partial charge in [0.05, 0.1) is 18.2 Å². The second-order valence-corrected chi connectivity index (χ2v) is 10.9. The van der Waals surface area contributed by atoms with E-state index in [1.165, 1.54) is 19.3 Å². The Morgan fingerprint density at radius 1 is 1.03 bits per heavy atom. The van der Waals surface area contributed by atoms with Crippen molar-refractivity contribution >= 4 is 11.7 Å². The van der Waals surface area contributed by atoms with E-state index in [-0.39, 0.29) is 5.91 Å². The highest BCUT2D eigenvalue weighted by molar-refractivity contribution is 6.10. The number of carbonyl (C=O) groups is 1. The third-order valence-corrected chi connectivity index (χ3v) is 8.19. The number of hydrogen-bond acceptors (Lipinski definition) is 6. The lowest BCUT2D eigenvalue weighted by Gasteiger charge is -2.26. The van der Waals surface area contributed by atoms with Crippen molar-refractivity contribution in [2.45, 2.75) is 57.2 Å². The van der Waals surface area contributed by atoms with Gasteiger partial charge in [-0.15, -0.1) is 10.2 Å². The maximum Gasteiger partial charge on any atom is 0.260 e. The van der Waals surface area contributed by atoms with E-state index in [4.69, 9.17) is 4.98 Å². The summed E-state index contributed by atoms with van der Waals surface area (Å²) in [4.78, 5) is 20.5. The van der Waals surface area contributed by atoms with Crippen molar-refractivity contribution in [3.05, 3.63) is 82.8 Å². The topological polar surface area (TPSA) is 99.7 Å². The molecule has 2 aromatic carbocycles. The quantitative estimate of drug-likeness (QED) is 0.368. The molecule has 0 atom stereocenters. The molecule has 0 radical (unpaired) electrons. The van der Waals surface area contributed by atoms with Crippen molar-refractivity contribution in [3.63, 3.8) is 0 Å². The molecular formula is C31H29N7O. The highest BCUT2D eigenvalue weighted by atomic mass is 16.2. The van der Waals surface area contributed by atoms with Crippen molar-refractivity contribution < 1.29 is 4.79 Å². The van der Waals surface area contributed by atoms with Crippen molar-refractivity contribution in [1.82, 2.24) is 25.1 Å². The molecule has 8 nitrogen and oxygen atoms in total. The van der Waals surface area contributed by atoms with E-state index in [1.54, 1.807) is 11.2 Å². The number of carbonyl (C=O) groups excluding carboxylic acids is 1. The predicted molar refractivity (Wildman–Crippen MR) is 148 cm³/mol. The van der Waals surface area contributed by atoms with Gasteiger partial charge in [-0.2, -0.15) is 5.26 Å².